The average molecular weight is 532 g/mol. The Kier molecular flexibility index (Phi) is 6.31. The lowest BCUT2D eigenvalue weighted by molar-refractivity contribution is 0.417. The molecule has 6 rings (SSSR count). The Hall–Kier alpha value is -4.74. The maximum atomic E-state index is 13.8. The van der Waals surface area contributed by atoms with Crippen LogP contribution in [0.15, 0.2) is 60.7 Å². The summed E-state index contributed by atoms with van der Waals surface area (Å²) in [6.45, 7) is 0. The minimum Gasteiger partial charge on any atom is -0.274 e. The third-order valence-electron chi connectivity index (χ3n) is 5.66. The van der Waals surface area contributed by atoms with Gasteiger partial charge in [0.15, 0.2) is 46.5 Å². The first-order valence-corrected chi connectivity index (χ1v) is 10.7. The topological polar surface area (TPSA) is 57.4 Å². The number of halogens is 8. The smallest absolute Gasteiger partial charge is 0.199 e. The minimum atomic E-state index is -1.85. The molecule has 2 aromatic heterocycles. The number of aromatic amines is 2. The number of hydrogen-bond acceptors (Lipinski definition) is 2. The van der Waals surface area contributed by atoms with E-state index in [0.29, 0.717) is 11.1 Å². The van der Waals surface area contributed by atoms with Crippen LogP contribution in [0.4, 0.5) is 35.1 Å². The summed E-state index contributed by atoms with van der Waals surface area (Å²) < 4.78 is 107. The van der Waals surface area contributed by atoms with E-state index in [-0.39, 0.29) is 11.4 Å². The molecule has 0 fully saturated rings. The average Bonchev–Trinajstić information content (AvgIpc) is 3.60. The summed E-state index contributed by atoms with van der Waals surface area (Å²) >= 11 is 0. The second-order valence-electron chi connectivity index (χ2n) is 7.89. The molecule has 0 aliphatic carbocycles. The summed E-state index contributed by atoms with van der Waals surface area (Å²) in [5.74, 6) is -13.3. The van der Waals surface area contributed by atoms with Gasteiger partial charge in [-0.2, -0.15) is 10.2 Å². The molecular weight excluding hydrogens is 520 g/mol. The van der Waals surface area contributed by atoms with Crippen molar-refractivity contribution in [2.45, 2.75) is 0 Å². The zero-order valence-corrected chi connectivity index (χ0v) is 18.7. The standard InChI is InChI=1S/2C13H6F4N2/c2*14-8-7-12(6-4-2-1-3-5-6)18-19-13(7)11(17)10(16)9(8)15/h2*1-5H,(H,18,19). The number of H-pyrrole nitrogens is 2. The van der Waals surface area contributed by atoms with Gasteiger partial charge in [-0.25, -0.2) is 35.1 Å². The Morgan fingerprint density at radius 3 is 1.05 bits per heavy atom. The monoisotopic (exact) mass is 532 g/mol. The molecule has 4 aromatic carbocycles. The molecule has 0 bridgehead atoms. The van der Waals surface area contributed by atoms with Crippen molar-refractivity contribution in [1.29, 1.82) is 0 Å². The molecule has 0 spiro atoms. The van der Waals surface area contributed by atoms with Gasteiger partial charge in [0.2, 0.25) is 0 Å². The number of hydrogen-bond donors (Lipinski definition) is 2. The van der Waals surface area contributed by atoms with Crippen LogP contribution in [0.5, 0.6) is 0 Å². The maximum Gasteiger partial charge on any atom is 0.199 e. The van der Waals surface area contributed by atoms with Gasteiger partial charge in [-0.1, -0.05) is 60.7 Å². The normalized spacial score (nSPS) is 11.2. The quantitative estimate of drug-likeness (QED) is 0.137. The first kappa shape index (κ1) is 24.9. The highest BCUT2D eigenvalue weighted by molar-refractivity contribution is 5.94. The highest BCUT2D eigenvalue weighted by Gasteiger charge is 2.26. The van der Waals surface area contributed by atoms with Gasteiger partial charge in [-0.15, -0.1) is 0 Å². The number of fused-ring (bicyclic) bond motifs is 2. The molecule has 0 atom stereocenters. The highest BCUT2D eigenvalue weighted by Crippen LogP contribution is 2.34. The lowest BCUT2D eigenvalue weighted by Crippen LogP contribution is -1.97. The fourth-order valence-corrected chi connectivity index (χ4v) is 3.86. The molecule has 0 aliphatic heterocycles. The van der Waals surface area contributed by atoms with E-state index in [0.717, 1.165) is 0 Å². The van der Waals surface area contributed by atoms with E-state index in [1.165, 1.54) is 0 Å². The summed E-state index contributed by atoms with van der Waals surface area (Å²) in [6.07, 6.45) is 0. The van der Waals surface area contributed by atoms with Crippen molar-refractivity contribution in [3.05, 3.63) is 107 Å². The number of nitrogens with one attached hydrogen (secondary N) is 2. The molecule has 4 nitrogen and oxygen atoms in total. The van der Waals surface area contributed by atoms with E-state index in [1.54, 1.807) is 60.7 Å². The molecule has 0 amide bonds. The van der Waals surface area contributed by atoms with Crippen molar-refractivity contribution in [3.8, 4) is 22.5 Å². The Balaban J connectivity index is 0.000000155. The van der Waals surface area contributed by atoms with Gasteiger partial charge in [0.05, 0.1) is 10.8 Å². The zero-order valence-electron chi connectivity index (χ0n) is 18.7. The molecule has 2 heterocycles. The van der Waals surface area contributed by atoms with Crippen LogP contribution in [0.1, 0.15) is 0 Å². The van der Waals surface area contributed by atoms with Gasteiger partial charge in [0, 0.05) is 11.1 Å². The van der Waals surface area contributed by atoms with E-state index in [9.17, 15) is 35.1 Å². The molecule has 38 heavy (non-hydrogen) atoms. The van der Waals surface area contributed by atoms with Crippen LogP contribution < -0.4 is 0 Å². The SMILES string of the molecule is Fc1c(F)c(F)c2c(-c3ccccc3)n[nH]c2c1F.Fc1c(F)c(F)c2c(-c3ccccc3)n[nH]c2c1F. The van der Waals surface area contributed by atoms with Crippen molar-refractivity contribution in [3.63, 3.8) is 0 Å². The molecule has 2 N–H and O–H groups in total. The summed E-state index contributed by atoms with van der Waals surface area (Å²) in [6, 6.07) is 16.6. The van der Waals surface area contributed by atoms with Gasteiger partial charge in [0.25, 0.3) is 0 Å². The molecule has 0 saturated heterocycles. The summed E-state index contributed by atoms with van der Waals surface area (Å²) in [4.78, 5) is 0. The van der Waals surface area contributed by atoms with E-state index < -0.39 is 68.3 Å². The second kappa shape index (κ2) is 9.61. The molecular formula is C26H12F8N4. The molecule has 0 aliphatic rings. The van der Waals surface area contributed by atoms with Crippen LogP contribution in [0.25, 0.3) is 44.3 Å². The Morgan fingerprint density at radius 2 is 0.711 bits per heavy atom. The van der Waals surface area contributed by atoms with E-state index in [4.69, 9.17) is 0 Å². The number of benzene rings is 4. The minimum absolute atomic E-state index is 0.0332. The molecule has 6 aromatic rings. The Morgan fingerprint density at radius 1 is 0.395 bits per heavy atom. The molecule has 0 radical (unpaired) electrons. The lowest BCUT2D eigenvalue weighted by atomic mass is 10.1. The van der Waals surface area contributed by atoms with E-state index >= 15 is 0 Å². The number of nitrogens with zero attached hydrogens (tertiary/aromatic N) is 2. The summed E-state index contributed by atoms with van der Waals surface area (Å²) in [5.41, 5.74) is 0.0263. The van der Waals surface area contributed by atoms with Gasteiger partial charge in [0.1, 0.15) is 22.4 Å². The van der Waals surface area contributed by atoms with Crippen LogP contribution in [0.2, 0.25) is 0 Å². The largest absolute Gasteiger partial charge is 0.274 e. The lowest BCUT2D eigenvalue weighted by Gasteiger charge is -2.01. The predicted octanol–water partition coefficient (Wildman–Crippen LogP) is 7.57. The third-order valence-corrected chi connectivity index (χ3v) is 5.66. The van der Waals surface area contributed by atoms with Gasteiger partial charge in [-0.3, -0.25) is 10.2 Å². The van der Waals surface area contributed by atoms with Crippen LogP contribution in [0.3, 0.4) is 0 Å². The van der Waals surface area contributed by atoms with Crippen molar-refractivity contribution < 1.29 is 35.1 Å². The molecule has 0 saturated carbocycles. The van der Waals surface area contributed by atoms with Crippen LogP contribution in [0, 0.1) is 46.5 Å². The number of rotatable bonds is 2. The second-order valence-corrected chi connectivity index (χ2v) is 7.89. The molecule has 192 valence electrons. The van der Waals surface area contributed by atoms with Gasteiger partial charge in [-0.05, 0) is 0 Å². The zero-order chi connectivity index (χ0) is 27.1. The predicted molar refractivity (Wildman–Crippen MR) is 123 cm³/mol. The Labute approximate surface area is 207 Å². The molecule has 0 unspecified atom stereocenters. The van der Waals surface area contributed by atoms with Gasteiger partial charge < -0.3 is 0 Å². The van der Waals surface area contributed by atoms with Gasteiger partial charge >= 0.3 is 0 Å². The van der Waals surface area contributed by atoms with E-state index in [2.05, 4.69) is 20.4 Å². The van der Waals surface area contributed by atoms with Crippen molar-refractivity contribution >= 4 is 21.8 Å². The maximum absolute atomic E-state index is 13.8. The number of aromatic nitrogens is 4. The van der Waals surface area contributed by atoms with Crippen molar-refractivity contribution in [2.75, 3.05) is 0 Å². The van der Waals surface area contributed by atoms with Crippen LogP contribution in [-0.2, 0) is 0 Å². The first-order valence-electron chi connectivity index (χ1n) is 10.7. The highest BCUT2D eigenvalue weighted by atomic mass is 19.2. The third kappa shape index (κ3) is 3.94. The van der Waals surface area contributed by atoms with E-state index in [1.807, 2.05) is 0 Å². The van der Waals surface area contributed by atoms with Crippen molar-refractivity contribution in [1.82, 2.24) is 20.4 Å². The van der Waals surface area contributed by atoms with Crippen LogP contribution in [-0.4, -0.2) is 20.4 Å². The van der Waals surface area contributed by atoms with Crippen LogP contribution >= 0.6 is 0 Å². The Bertz CT molecular complexity index is 1660. The van der Waals surface area contributed by atoms with Crippen molar-refractivity contribution in [2.24, 2.45) is 0 Å². The first-order chi connectivity index (χ1) is 18.2. The summed E-state index contributed by atoms with van der Waals surface area (Å²) in [7, 11) is 0. The summed E-state index contributed by atoms with van der Waals surface area (Å²) in [5, 5.41) is 11.0. The fourth-order valence-electron chi connectivity index (χ4n) is 3.86. The fraction of sp³-hybridized carbons (Fsp3) is 0. The molecule has 12 heteroatoms.